The van der Waals surface area contributed by atoms with Crippen molar-refractivity contribution in [2.75, 3.05) is 12.0 Å². The first-order valence-corrected chi connectivity index (χ1v) is 8.11. The van der Waals surface area contributed by atoms with Gasteiger partial charge in [0.05, 0.1) is 24.5 Å². The smallest absolute Gasteiger partial charge is 0.337 e. The molecule has 1 aromatic rings. The minimum atomic E-state index is -0.323. The van der Waals surface area contributed by atoms with Crippen LogP contribution < -0.4 is 4.90 Å². The number of ether oxygens (including phenoxy) is 1. The van der Waals surface area contributed by atoms with E-state index in [1.165, 1.54) is 12.8 Å². The summed E-state index contributed by atoms with van der Waals surface area (Å²) in [5, 5.41) is 10.0. The van der Waals surface area contributed by atoms with Gasteiger partial charge in [-0.15, -0.1) is 0 Å². The topological polar surface area (TPSA) is 49.8 Å². The van der Waals surface area contributed by atoms with E-state index in [-0.39, 0.29) is 12.1 Å². The monoisotopic (exact) mass is 353 g/mol. The van der Waals surface area contributed by atoms with Gasteiger partial charge in [-0.2, -0.15) is 0 Å². The van der Waals surface area contributed by atoms with E-state index in [2.05, 4.69) is 34.7 Å². The number of methoxy groups -OCH3 is 1. The zero-order valence-corrected chi connectivity index (χ0v) is 14.1. The average molecular weight is 354 g/mol. The van der Waals surface area contributed by atoms with Gasteiger partial charge < -0.3 is 14.7 Å². The second-order valence-corrected chi connectivity index (χ2v) is 7.04. The fraction of sp³-hybridized carbons (Fsp3) is 0.562. The van der Waals surface area contributed by atoms with E-state index in [0.29, 0.717) is 23.6 Å². The Hall–Kier alpha value is -1.07. The molecule has 0 amide bonds. The van der Waals surface area contributed by atoms with Crippen molar-refractivity contribution < 1.29 is 14.6 Å². The molecule has 3 rings (SSSR count). The van der Waals surface area contributed by atoms with Crippen LogP contribution in [0.5, 0.6) is 0 Å². The van der Waals surface area contributed by atoms with Crippen LogP contribution in [0.25, 0.3) is 0 Å². The Labute approximate surface area is 133 Å². The van der Waals surface area contributed by atoms with Gasteiger partial charge in [-0.1, -0.05) is 0 Å². The maximum Gasteiger partial charge on any atom is 0.337 e. The average Bonchev–Trinajstić information content (AvgIpc) is 2.93. The number of carbonyl (C=O) groups excluding carboxylic acids is 1. The van der Waals surface area contributed by atoms with Crippen LogP contribution in [0.2, 0.25) is 0 Å². The van der Waals surface area contributed by atoms with Crippen molar-refractivity contribution in [3.63, 3.8) is 0 Å². The first-order valence-electron chi connectivity index (χ1n) is 7.32. The molecular weight excluding hydrogens is 334 g/mol. The number of aliphatic hydroxyl groups is 1. The van der Waals surface area contributed by atoms with Gasteiger partial charge >= 0.3 is 5.97 Å². The summed E-state index contributed by atoms with van der Waals surface area (Å²) in [7, 11) is 1.39. The molecule has 0 radical (unpaired) electrons. The molecule has 2 aliphatic rings. The van der Waals surface area contributed by atoms with Crippen molar-refractivity contribution >= 4 is 27.6 Å². The first kappa shape index (κ1) is 14.9. The quantitative estimate of drug-likeness (QED) is 0.830. The Bertz CT molecular complexity index is 587. The van der Waals surface area contributed by atoms with Crippen LogP contribution in [0.1, 0.15) is 48.5 Å². The Morgan fingerprint density at radius 1 is 1.43 bits per heavy atom. The van der Waals surface area contributed by atoms with Crippen LogP contribution >= 0.6 is 15.9 Å². The molecule has 1 aromatic carbocycles. The summed E-state index contributed by atoms with van der Waals surface area (Å²) in [6, 6.07) is 4.44. The number of rotatable bonds is 2. The van der Waals surface area contributed by atoms with Gasteiger partial charge in [0.1, 0.15) is 0 Å². The Balaban J connectivity index is 2.13. The lowest BCUT2D eigenvalue weighted by molar-refractivity contribution is 0.0600. The molecule has 0 bridgehead atoms. The lowest BCUT2D eigenvalue weighted by Crippen LogP contribution is -2.37. The number of aliphatic hydroxyl groups excluding tert-OH is 1. The highest BCUT2D eigenvalue weighted by molar-refractivity contribution is 9.10. The summed E-state index contributed by atoms with van der Waals surface area (Å²) in [5.74, 6) is -0.0325. The lowest BCUT2D eigenvalue weighted by atomic mass is 9.96. The number of benzene rings is 1. The van der Waals surface area contributed by atoms with Crippen LogP contribution in [-0.2, 0) is 4.74 Å². The van der Waals surface area contributed by atoms with Crippen molar-refractivity contribution in [1.29, 1.82) is 0 Å². The summed E-state index contributed by atoms with van der Waals surface area (Å²) in [6.07, 6.45) is 1.30. The van der Waals surface area contributed by atoms with Gasteiger partial charge in [0.15, 0.2) is 0 Å². The molecule has 21 heavy (non-hydrogen) atoms. The molecule has 0 saturated heterocycles. The SMILES string of the molecule is COC(=O)c1cc(Br)c2c(c1)C1CC(O)CC1N2C(C)C. The normalized spacial score (nSPS) is 27.0. The molecular formula is C16H20BrNO3. The van der Waals surface area contributed by atoms with Gasteiger partial charge in [0, 0.05) is 22.5 Å². The molecule has 1 N–H and O–H groups in total. The fourth-order valence-electron chi connectivity index (χ4n) is 3.85. The van der Waals surface area contributed by atoms with E-state index in [1.54, 1.807) is 0 Å². The third kappa shape index (κ3) is 2.27. The number of esters is 1. The summed E-state index contributed by atoms with van der Waals surface area (Å²) >= 11 is 3.62. The molecule has 3 atom stereocenters. The van der Waals surface area contributed by atoms with Crippen molar-refractivity contribution in [1.82, 2.24) is 0 Å². The van der Waals surface area contributed by atoms with E-state index in [1.807, 2.05) is 12.1 Å². The molecule has 4 nitrogen and oxygen atoms in total. The molecule has 1 fully saturated rings. The largest absolute Gasteiger partial charge is 0.465 e. The van der Waals surface area contributed by atoms with Crippen LogP contribution in [0.4, 0.5) is 5.69 Å². The zero-order chi connectivity index (χ0) is 15.3. The molecule has 0 aromatic heterocycles. The van der Waals surface area contributed by atoms with Crippen molar-refractivity contribution in [3.05, 3.63) is 27.7 Å². The number of hydrogen-bond donors (Lipinski definition) is 1. The number of halogens is 1. The lowest BCUT2D eigenvalue weighted by Gasteiger charge is -2.31. The highest BCUT2D eigenvalue weighted by Crippen LogP contribution is 2.53. The van der Waals surface area contributed by atoms with E-state index < -0.39 is 0 Å². The number of nitrogens with zero attached hydrogens (tertiary/aromatic N) is 1. The van der Waals surface area contributed by atoms with Crippen LogP contribution in [0.15, 0.2) is 16.6 Å². The second-order valence-electron chi connectivity index (χ2n) is 6.19. The van der Waals surface area contributed by atoms with E-state index >= 15 is 0 Å². The number of hydrogen-bond acceptors (Lipinski definition) is 4. The molecule has 1 aliphatic carbocycles. The molecule has 5 heteroatoms. The van der Waals surface area contributed by atoms with Crippen molar-refractivity contribution in [2.24, 2.45) is 0 Å². The minimum absolute atomic E-state index is 0.255. The zero-order valence-electron chi connectivity index (χ0n) is 12.5. The van der Waals surface area contributed by atoms with E-state index in [9.17, 15) is 9.90 Å². The Kier molecular flexibility index (Phi) is 3.74. The van der Waals surface area contributed by atoms with Crippen molar-refractivity contribution in [3.8, 4) is 0 Å². The Morgan fingerprint density at radius 3 is 2.76 bits per heavy atom. The predicted octanol–water partition coefficient (Wildman–Crippen LogP) is 3.07. The summed E-state index contributed by atoms with van der Waals surface area (Å²) < 4.78 is 5.76. The standard InChI is InChI=1S/C16H20BrNO3/c1-8(2)18-14-7-10(19)6-11(14)12-4-9(16(20)21-3)5-13(17)15(12)18/h4-5,8,10-11,14,19H,6-7H2,1-3H3. The molecule has 1 saturated carbocycles. The molecule has 3 unspecified atom stereocenters. The highest BCUT2D eigenvalue weighted by atomic mass is 79.9. The fourth-order valence-corrected chi connectivity index (χ4v) is 4.53. The van der Waals surface area contributed by atoms with Crippen molar-refractivity contribution in [2.45, 2.75) is 50.8 Å². The number of fused-ring (bicyclic) bond motifs is 3. The van der Waals surface area contributed by atoms with Gasteiger partial charge in [-0.25, -0.2) is 4.79 Å². The summed E-state index contributed by atoms with van der Waals surface area (Å²) in [4.78, 5) is 14.2. The molecule has 1 aliphatic heterocycles. The maximum atomic E-state index is 11.8. The Morgan fingerprint density at radius 2 is 2.14 bits per heavy atom. The molecule has 114 valence electrons. The first-order chi connectivity index (χ1) is 9.93. The third-order valence-electron chi connectivity index (χ3n) is 4.59. The highest BCUT2D eigenvalue weighted by Gasteiger charge is 2.46. The van der Waals surface area contributed by atoms with Crippen LogP contribution in [-0.4, -0.2) is 36.4 Å². The van der Waals surface area contributed by atoms with Gasteiger partial charge in [0.2, 0.25) is 0 Å². The van der Waals surface area contributed by atoms with Gasteiger partial charge in [-0.05, 0) is 60.3 Å². The second kappa shape index (κ2) is 5.29. The molecule has 1 heterocycles. The molecule has 0 spiro atoms. The summed E-state index contributed by atoms with van der Waals surface area (Å²) in [5.41, 5.74) is 2.88. The third-order valence-corrected chi connectivity index (χ3v) is 5.19. The maximum absolute atomic E-state index is 11.8. The minimum Gasteiger partial charge on any atom is -0.465 e. The number of carbonyl (C=O) groups is 1. The predicted molar refractivity (Wildman–Crippen MR) is 84.9 cm³/mol. The van der Waals surface area contributed by atoms with Gasteiger partial charge in [-0.3, -0.25) is 0 Å². The van der Waals surface area contributed by atoms with Crippen LogP contribution in [0, 0.1) is 0 Å². The number of anilines is 1. The van der Waals surface area contributed by atoms with Gasteiger partial charge in [0.25, 0.3) is 0 Å². The van der Waals surface area contributed by atoms with Crippen LogP contribution in [0.3, 0.4) is 0 Å². The van der Waals surface area contributed by atoms with E-state index in [4.69, 9.17) is 4.74 Å². The summed E-state index contributed by atoms with van der Waals surface area (Å²) in [6.45, 7) is 4.33. The van der Waals surface area contributed by atoms with E-state index in [0.717, 1.165) is 22.9 Å².